The number of nitrogens with one attached hydrogen (secondary N) is 2. The average Bonchev–Trinajstić information content (AvgIpc) is 2.67. The molecule has 0 spiro atoms. The molecule has 0 fully saturated rings. The highest BCUT2D eigenvalue weighted by atomic mass is 127. The smallest absolute Gasteiger partial charge is 0.200 e. The lowest BCUT2D eigenvalue weighted by Gasteiger charge is -2.19. The van der Waals surface area contributed by atoms with Crippen molar-refractivity contribution in [3.8, 4) is 17.2 Å². The maximum atomic E-state index is 10.0. The molecule has 0 saturated carbocycles. The number of hydrogen-bond donors (Lipinski definition) is 3. The molecule has 0 radical (unpaired) electrons. The second kappa shape index (κ2) is 11.9. The monoisotopic (exact) mass is 519 g/mol. The number of phenolic OH excluding ortho intramolecular Hbond substituents is 1. The second-order valence-corrected chi connectivity index (χ2v) is 6.34. The molecule has 2 aromatic rings. The van der Waals surface area contributed by atoms with Crippen molar-refractivity contribution in [2.24, 2.45) is 4.99 Å². The Labute approximate surface area is 188 Å². The van der Waals surface area contributed by atoms with Gasteiger partial charge in [0.25, 0.3) is 0 Å². The number of rotatable bonds is 7. The molecule has 6 nitrogen and oxygen atoms in total. The molecular formula is C20H27ClIN3O3. The number of nitrogens with zero attached hydrogens (tertiary/aromatic N) is 1. The summed E-state index contributed by atoms with van der Waals surface area (Å²) in [5, 5.41) is 17.3. The standard InChI is InChI=1S/C20H26ClN3O3.HI/c1-5-22-20(24-13(2)15-8-6-7-9-16(15)21)23-12-14-10-17(26-3)19(25)18(11-14)27-4;/h6-11,13,25H,5,12H2,1-4H3,(H2,22,23,24);1H. The minimum atomic E-state index is -0.0231. The lowest BCUT2D eigenvalue weighted by atomic mass is 10.1. The van der Waals surface area contributed by atoms with Crippen molar-refractivity contribution in [2.75, 3.05) is 20.8 Å². The van der Waals surface area contributed by atoms with Crippen LogP contribution in [0.5, 0.6) is 17.2 Å². The fraction of sp³-hybridized carbons (Fsp3) is 0.350. The first kappa shape index (κ1) is 24.2. The zero-order valence-corrected chi connectivity index (χ0v) is 19.5. The topological polar surface area (TPSA) is 75.1 Å². The molecule has 1 unspecified atom stereocenters. The van der Waals surface area contributed by atoms with Gasteiger partial charge in [0.2, 0.25) is 5.75 Å². The number of halogens is 2. The highest BCUT2D eigenvalue weighted by Gasteiger charge is 2.13. The molecule has 3 N–H and O–H groups in total. The van der Waals surface area contributed by atoms with Crippen LogP contribution >= 0.6 is 35.6 Å². The van der Waals surface area contributed by atoms with Crippen molar-refractivity contribution in [2.45, 2.75) is 26.4 Å². The Morgan fingerprint density at radius 3 is 2.32 bits per heavy atom. The number of methoxy groups -OCH3 is 2. The van der Waals surface area contributed by atoms with Gasteiger partial charge in [0.15, 0.2) is 17.5 Å². The summed E-state index contributed by atoms with van der Waals surface area (Å²) in [6, 6.07) is 11.2. The first-order valence-electron chi connectivity index (χ1n) is 8.73. The van der Waals surface area contributed by atoms with E-state index in [1.165, 1.54) is 14.2 Å². The summed E-state index contributed by atoms with van der Waals surface area (Å²) in [4.78, 5) is 4.62. The molecule has 0 saturated heterocycles. The number of ether oxygens (including phenoxy) is 2. The third-order valence-corrected chi connectivity index (χ3v) is 4.37. The summed E-state index contributed by atoms with van der Waals surface area (Å²) in [6.07, 6.45) is 0. The van der Waals surface area contributed by atoms with Crippen molar-refractivity contribution in [3.63, 3.8) is 0 Å². The lowest BCUT2D eigenvalue weighted by Crippen LogP contribution is -2.38. The molecule has 0 aliphatic carbocycles. The maximum Gasteiger partial charge on any atom is 0.200 e. The largest absolute Gasteiger partial charge is 0.502 e. The van der Waals surface area contributed by atoms with Gasteiger partial charge in [-0.25, -0.2) is 4.99 Å². The quantitative estimate of drug-likeness (QED) is 0.285. The van der Waals surface area contributed by atoms with E-state index in [2.05, 4.69) is 15.6 Å². The van der Waals surface area contributed by atoms with Crippen LogP contribution in [0.25, 0.3) is 0 Å². The highest BCUT2D eigenvalue weighted by Crippen LogP contribution is 2.37. The van der Waals surface area contributed by atoms with Crippen molar-refractivity contribution < 1.29 is 14.6 Å². The number of benzene rings is 2. The lowest BCUT2D eigenvalue weighted by molar-refractivity contribution is 0.339. The molecule has 0 bridgehead atoms. The van der Waals surface area contributed by atoms with Gasteiger partial charge >= 0.3 is 0 Å². The van der Waals surface area contributed by atoms with Crippen LogP contribution in [0.1, 0.15) is 31.0 Å². The summed E-state index contributed by atoms with van der Waals surface area (Å²) in [6.45, 7) is 5.14. The molecular weight excluding hydrogens is 493 g/mol. The van der Waals surface area contributed by atoms with Crippen LogP contribution in [-0.2, 0) is 6.54 Å². The molecule has 0 aliphatic heterocycles. The molecule has 0 heterocycles. The molecule has 2 aromatic carbocycles. The Bertz CT molecular complexity index is 777. The van der Waals surface area contributed by atoms with E-state index in [0.29, 0.717) is 29.0 Å². The zero-order valence-electron chi connectivity index (χ0n) is 16.5. The van der Waals surface area contributed by atoms with E-state index in [0.717, 1.165) is 17.7 Å². The first-order valence-corrected chi connectivity index (χ1v) is 9.11. The molecule has 0 aliphatic rings. The van der Waals surface area contributed by atoms with Crippen molar-refractivity contribution in [3.05, 3.63) is 52.5 Å². The number of hydrogen-bond acceptors (Lipinski definition) is 4. The van der Waals surface area contributed by atoms with E-state index in [9.17, 15) is 5.11 Å². The van der Waals surface area contributed by atoms with Gasteiger partial charge in [0.05, 0.1) is 26.8 Å². The summed E-state index contributed by atoms with van der Waals surface area (Å²) in [5.74, 6) is 1.34. The Morgan fingerprint density at radius 1 is 1.18 bits per heavy atom. The van der Waals surface area contributed by atoms with Crippen LogP contribution in [0.15, 0.2) is 41.4 Å². The van der Waals surface area contributed by atoms with E-state index >= 15 is 0 Å². The SMILES string of the molecule is CCNC(=NCc1cc(OC)c(O)c(OC)c1)NC(C)c1ccccc1Cl.I. The fourth-order valence-electron chi connectivity index (χ4n) is 2.64. The van der Waals surface area contributed by atoms with Crippen molar-refractivity contribution >= 4 is 41.5 Å². The van der Waals surface area contributed by atoms with Gasteiger partial charge in [-0.15, -0.1) is 24.0 Å². The van der Waals surface area contributed by atoms with Crippen LogP contribution in [0.3, 0.4) is 0 Å². The molecule has 28 heavy (non-hydrogen) atoms. The molecule has 0 amide bonds. The normalized spacial score (nSPS) is 12.0. The van der Waals surface area contributed by atoms with Crippen LogP contribution in [-0.4, -0.2) is 31.8 Å². The van der Waals surface area contributed by atoms with E-state index in [4.69, 9.17) is 21.1 Å². The Balaban J connectivity index is 0.00000392. The zero-order chi connectivity index (χ0) is 19.8. The van der Waals surface area contributed by atoms with Gasteiger partial charge in [-0.3, -0.25) is 0 Å². The minimum absolute atomic E-state index is 0. The van der Waals surface area contributed by atoms with Crippen LogP contribution in [0.4, 0.5) is 0 Å². The minimum Gasteiger partial charge on any atom is -0.502 e. The Kier molecular flexibility index (Phi) is 10.2. The highest BCUT2D eigenvalue weighted by molar-refractivity contribution is 14.0. The summed E-state index contributed by atoms with van der Waals surface area (Å²) in [7, 11) is 3.00. The Morgan fingerprint density at radius 2 is 1.79 bits per heavy atom. The molecule has 1 atom stereocenters. The summed E-state index contributed by atoms with van der Waals surface area (Å²) < 4.78 is 10.4. The fourth-order valence-corrected chi connectivity index (χ4v) is 2.94. The molecule has 0 aromatic heterocycles. The Hall–Kier alpha value is -1.87. The number of phenols is 1. The van der Waals surface area contributed by atoms with Gasteiger partial charge in [-0.1, -0.05) is 29.8 Å². The predicted octanol–water partition coefficient (Wildman–Crippen LogP) is 4.50. The second-order valence-electron chi connectivity index (χ2n) is 5.93. The number of guanidine groups is 1. The molecule has 2 rings (SSSR count). The average molecular weight is 520 g/mol. The van der Waals surface area contributed by atoms with Gasteiger partial charge < -0.3 is 25.2 Å². The molecule has 8 heteroatoms. The van der Waals surface area contributed by atoms with E-state index in [1.807, 2.05) is 38.1 Å². The van der Waals surface area contributed by atoms with Crippen molar-refractivity contribution in [1.82, 2.24) is 10.6 Å². The van der Waals surface area contributed by atoms with Crippen molar-refractivity contribution in [1.29, 1.82) is 0 Å². The van der Waals surface area contributed by atoms with E-state index in [1.54, 1.807) is 12.1 Å². The third-order valence-electron chi connectivity index (χ3n) is 4.03. The van der Waals surface area contributed by atoms with Crippen LogP contribution < -0.4 is 20.1 Å². The number of aromatic hydroxyl groups is 1. The van der Waals surface area contributed by atoms with Gasteiger partial charge in [0.1, 0.15) is 0 Å². The van der Waals surface area contributed by atoms with Crippen LogP contribution in [0.2, 0.25) is 5.02 Å². The first-order chi connectivity index (χ1) is 13.0. The predicted molar refractivity (Wildman–Crippen MR) is 124 cm³/mol. The van der Waals surface area contributed by atoms with Gasteiger partial charge in [-0.2, -0.15) is 0 Å². The van der Waals surface area contributed by atoms with Gasteiger partial charge in [0, 0.05) is 11.6 Å². The van der Waals surface area contributed by atoms with E-state index in [-0.39, 0.29) is 35.8 Å². The summed E-state index contributed by atoms with van der Waals surface area (Å²) >= 11 is 6.28. The van der Waals surface area contributed by atoms with E-state index < -0.39 is 0 Å². The van der Waals surface area contributed by atoms with Crippen LogP contribution in [0, 0.1) is 0 Å². The third kappa shape index (κ3) is 6.34. The number of aliphatic imine (C=N–C) groups is 1. The van der Waals surface area contributed by atoms with Gasteiger partial charge in [-0.05, 0) is 43.2 Å². The summed E-state index contributed by atoms with van der Waals surface area (Å²) in [5.41, 5.74) is 1.85. The maximum absolute atomic E-state index is 10.0. The molecule has 154 valence electrons.